The van der Waals surface area contributed by atoms with Gasteiger partial charge in [0, 0.05) is 26.2 Å². The van der Waals surface area contributed by atoms with E-state index in [9.17, 15) is 0 Å². The van der Waals surface area contributed by atoms with Crippen LogP contribution in [0.25, 0.3) is 0 Å². The number of thiocarbonyl (C=S) groups is 1. The molecule has 0 amide bonds. The summed E-state index contributed by atoms with van der Waals surface area (Å²) >= 11 is 4.96. The second-order valence-corrected chi connectivity index (χ2v) is 4.96. The lowest BCUT2D eigenvalue weighted by Crippen LogP contribution is -2.48. The largest absolute Gasteiger partial charge is 0.391 e. The van der Waals surface area contributed by atoms with Crippen molar-refractivity contribution in [2.24, 2.45) is 5.73 Å². The topological polar surface area (TPSA) is 47.7 Å². The van der Waals surface area contributed by atoms with Gasteiger partial charge in [0.05, 0.1) is 12.7 Å². The van der Waals surface area contributed by atoms with E-state index >= 15 is 0 Å². The minimum absolute atomic E-state index is 0.0618. The lowest BCUT2D eigenvalue weighted by Gasteiger charge is -2.32. The molecule has 0 saturated carbocycles. The van der Waals surface area contributed by atoms with Crippen LogP contribution in [-0.2, 0) is 9.47 Å². The van der Waals surface area contributed by atoms with Crippen molar-refractivity contribution in [3.63, 3.8) is 0 Å². The smallest absolute Gasteiger partial charge is 0.120 e. The predicted octanol–water partition coefficient (Wildman–Crippen LogP) is 0.542. The molecule has 0 aromatic heterocycles. The van der Waals surface area contributed by atoms with E-state index in [4.69, 9.17) is 27.4 Å². The molecule has 2 fully saturated rings. The van der Waals surface area contributed by atoms with Gasteiger partial charge >= 0.3 is 0 Å². The number of hydrogen-bond donors (Lipinski definition) is 1. The molecule has 2 aliphatic rings. The average Bonchev–Trinajstić information content (AvgIpc) is 2.79. The first-order chi connectivity index (χ1) is 7.75. The quantitative estimate of drug-likeness (QED) is 0.732. The van der Waals surface area contributed by atoms with E-state index in [0.29, 0.717) is 11.1 Å². The maximum Gasteiger partial charge on any atom is 0.120 e. The highest BCUT2D eigenvalue weighted by Gasteiger charge is 2.23. The first-order valence-corrected chi connectivity index (χ1v) is 6.41. The lowest BCUT2D eigenvalue weighted by atomic mass is 10.1. The monoisotopic (exact) mass is 244 g/mol. The number of morpholine rings is 1. The SMILES string of the molecule is NC(=S)C1CN(CCC2CCCO2)CCO1. The van der Waals surface area contributed by atoms with Crippen LogP contribution in [0, 0.1) is 0 Å². The van der Waals surface area contributed by atoms with Crippen LogP contribution in [0.15, 0.2) is 0 Å². The van der Waals surface area contributed by atoms with Crippen molar-refractivity contribution in [1.29, 1.82) is 0 Å². The van der Waals surface area contributed by atoms with Gasteiger partial charge in [-0.1, -0.05) is 12.2 Å². The summed E-state index contributed by atoms with van der Waals surface area (Å²) in [4.78, 5) is 2.84. The van der Waals surface area contributed by atoms with Crippen LogP contribution in [-0.4, -0.2) is 54.9 Å². The standard InChI is InChI=1S/C11H20N2O2S/c12-11(16)10-8-13(5-7-15-10)4-3-9-2-1-6-14-9/h9-10H,1-8H2,(H2,12,16). The summed E-state index contributed by atoms with van der Waals surface area (Å²) in [5.41, 5.74) is 5.60. The van der Waals surface area contributed by atoms with Crippen molar-refractivity contribution >= 4 is 17.2 Å². The first-order valence-electron chi connectivity index (χ1n) is 6.00. The molecule has 4 nitrogen and oxygen atoms in total. The molecule has 2 saturated heterocycles. The van der Waals surface area contributed by atoms with Crippen LogP contribution < -0.4 is 5.73 Å². The molecular weight excluding hydrogens is 224 g/mol. The van der Waals surface area contributed by atoms with Crippen LogP contribution in [0.2, 0.25) is 0 Å². The molecule has 2 aliphatic heterocycles. The molecule has 0 aromatic carbocycles. The summed E-state index contributed by atoms with van der Waals surface area (Å²) < 4.78 is 11.1. The van der Waals surface area contributed by atoms with E-state index in [2.05, 4.69) is 4.90 Å². The molecule has 2 rings (SSSR count). The van der Waals surface area contributed by atoms with Crippen LogP contribution in [0.3, 0.4) is 0 Å². The predicted molar refractivity (Wildman–Crippen MR) is 66.6 cm³/mol. The highest BCUT2D eigenvalue weighted by molar-refractivity contribution is 7.80. The van der Waals surface area contributed by atoms with Crippen LogP contribution in [0.5, 0.6) is 0 Å². The number of ether oxygens (including phenoxy) is 2. The Morgan fingerprint density at radius 2 is 2.25 bits per heavy atom. The van der Waals surface area contributed by atoms with Crippen LogP contribution in [0.4, 0.5) is 0 Å². The zero-order chi connectivity index (χ0) is 11.4. The second kappa shape index (κ2) is 5.91. The number of rotatable bonds is 4. The van der Waals surface area contributed by atoms with Crippen molar-refractivity contribution in [2.45, 2.75) is 31.5 Å². The normalized spacial score (nSPS) is 31.8. The van der Waals surface area contributed by atoms with Gasteiger partial charge in [0.15, 0.2) is 0 Å². The summed E-state index contributed by atoms with van der Waals surface area (Å²) in [6.07, 6.45) is 3.94. The van der Waals surface area contributed by atoms with Gasteiger partial charge in [0.2, 0.25) is 0 Å². The fourth-order valence-corrected chi connectivity index (χ4v) is 2.42. The Labute approximate surface area is 102 Å². The third-order valence-corrected chi connectivity index (χ3v) is 3.52. The van der Waals surface area contributed by atoms with Crippen LogP contribution in [0.1, 0.15) is 19.3 Å². The van der Waals surface area contributed by atoms with Gasteiger partial charge in [0.25, 0.3) is 0 Å². The molecule has 0 spiro atoms. The summed E-state index contributed by atoms with van der Waals surface area (Å²) in [6.45, 7) is 4.54. The molecule has 16 heavy (non-hydrogen) atoms. The van der Waals surface area contributed by atoms with Crippen molar-refractivity contribution in [1.82, 2.24) is 4.90 Å². The maximum atomic E-state index is 5.61. The summed E-state index contributed by atoms with van der Waals surface area (Å²) in [5, 5.41) is 0. The van der Waals surface area contributed by atoms with Gasteiger partial charge in [-0.05, 0) is 19.3 Å². The molecule has 2 N–H and O–H groups in total. The van der Waals surface area contributed by atoms with Gasteiger partial charge < -0.3 is 15.2 Å². The highest BCUT2D eigenvalue weighted by atomic mass is 32.1. The molecule has 2 atom stereocenters. The fraction of sp³-hybridized carbons (Fsp3) is 0.909. The zero-order valence-corrected chi connectivity index (χ0v) is 10.4. The maximum absolute atomic E-state index is 5.61. The zero-order valence-electron chi connectivity index (χ0n) is 9.56. The van der Waals surface area contributed by atoms with Gasteiger partial charge in [-0.2, -0.15) is 0 Å². The summed E-state index contributed by atoms with van der Waals surface area (Å²) in [7, 11) is 0. The number of nitrogens with zero attached hydrogens (tertiary/aromatic N) is 1. The van der Waals surface area contributed by atoms with Gasteiger partial charge in [-0.15, -0.1) is 0 Å². The Morgan fingerprint density at radius 3 is 2.94 bits per heavy atom. The fourth-order valence-electron chi connectivity index (χ4n) is 2.28. The minimum Gasteiger partial charge on any atom is -0.391 e. The Balaban J connectivity index is 1.70. The summed E-state index contributed by atoms with van der Waals surface area (Å²) in [5.74, 6) is 0. The molecule has 0 bridgehead atoms. The second-order valence-electron chi connectivity index (χ2n) is 4.49. The van der Waals surface area contributed by atoms with E-state index in [-0.39, 0.29) is 6.10 Å². The third-order valence-electron chi connectivity index (χ3n) is 3.26. The third kappa shape index (κ3) is 3.38. The minimum atomic E-state index is -0.0618. The van der Waals surface area contributed by atoms with Crippen molar-refractivity contribution < 1.29 is 9.47 Å². The van der Waals surface area contributed by atoms with Gasteiger partial charge in [-0.25, -0.2) is 0 Å². The molecule has 0 radical (unpaired) electrons. The first kappa shape index (κ1) is 12.2. The van der Waals surface area contributed by atoms with E-state index in [1.54, 1.807) is 0 Å². The Bertz CT molecular complexity index is 244. The van der Waals surface area contributed by atoms with Crippen molar-refractivity contribution in [3.05, 3.63) is 0 Å². The summed E-state index contributed by atoms with van der Waals surface area (Å²) in [6, 6.07) is 0. The average molecular weight is 244 g/mol. The highest BCUT2D eigenvalue weighted by Crippen LogP contribution is 2.16. The van der Waals surface area contributed by atoms with Crippen molar-refractivity contribution in [3.8, 4) is 0 Å². The van der Waals surface area contributed by atoms with E-state index < -0.39 is 0 Å². The molecule has 92 valence electrons. The number of hydrogen-bond acceptors (Lipinski definition) is 4. The molecule has 0 aromatic rings. The lowest BCUT2D eigenvalue weighted by molar-refractivity contribution is 0.000196. The van der Waals surface area contributed by atoms with Gasteiger partial charge in [-0.3, -0.25) is 4.90 Å². The van der Waals surface area contributed by atoms with Gasteiger partial charge in [0.1, 0.15) is 11.1 Å². The van der Waals surface area contributed by atoms with E-state index in [0.717, 1.165) is 39.3 Å². The van der Waals surface area contributed by atoms with Crippen LogP contribution >= 0.6 is 12.2 Å². The molecule has 2 heterocycles. The van der Waals surface area contributed by atoms with E-state index in [1.165, 1.54) is 12.8 Å². The van der Waals surface area contributed by atoms with E-state index in [1.807, 2.05) is 0 Å². The molecule has 0 aliphatic carbocycles. The molecular formula is C11H20N2O2S. The number of nitrogens with two attached hydrogens (primary N) is 1. The molecule has 2 unspecified atom stereocenters. The Hall–Kier alpha value is -0.230. The Kier molecular flexibility index (Phi) is 4.52. The van der Waals surface area contributed by atoms with Crippen molar-refractivity contribution in [2.75, 3.05) is 32.8 Å². The Morgan fingerprint density at radius 1 is 1.38 bits per heavy atom. The molecule has 5 heteroatoms.